The molecule has 0 spiro atoms. The number of hydrogen-bond donors (Lipinski definition) is 0. The molecule has 0 rings (SSSR count). The molecule has 0 aromatic heterocycles. The van der Waals surface area contributed by atoms with Crippen molar-refractivity contribution in [3.63, 3.8) is 0 Å². The van der Waals surface area contributed by atoms with E-state index in [9.17, 15) is 19.5 Å². The highest BCUT2D eigenvalue weighted by molar-refractivity contribution is 5.70. The molecule has 0 aliphatic rings. The topological polar surface area (TPSA) is 111 Å². The zero-order valence-electron chi connectivity index (χ0n) is 60.5. The van der Waals surface area contributed by atoms with Gasteiger partial charge in [-0.25, -0.2) is 0 Å². The average molecular weight is 1280 g/mol. The zero-order chi connectivity index (χ0) is 66.1. The Labute approximate surface area is 563 Å². The van der Waals surface area contributed by atoms with Gasteiger partial charge in [0, 0.05) is 12.8 Å². The number of allylic oxidation sites excluding steroid dienone is 14. The molecule has 2 atom stereocenters. The van der Waals surface area contributed by atoms with Crippen molar-refractivity contribution in [2.45, 2.75) is 373 Å². The van der Waals surface area contributed by atoms with Crippen molar-refractivity contribution in [3.05, 3.63) is 85.1 Å². The van der Waals surface area contributed by atoms with E-state index in [2.05, 4.69) is 98.9 Å². The van der Waals surface area contributed by atoms with Crippen molar-refractivity contribution in [1.29, 1.82) is 0 Å². The number of likely N-dealkylation sites (N-methyl/N-ethyl adjacent to an activating group) is 1. The van der Waals surface area contributed by atoms with Crippen molar-refractivity contribution < 1.29 is 42.9 Å². The lowest BCUT2D eigenvalue weighted by Gasteiger charge is -2.26. The van der Waals surface area contributed by atoms with Crippen LogP contribution in [0.2, 0.25) is 0 Å². The van der Waals surface area contributed by atoms with Gasteiger partial charge in [-0.05, 0) is 89.9 Å². The molecular formula is C82H147NO8. The van der Waals surface area contributed by atoms with E-state index in [0.717, 1.165) is 70.6 Å². The number of esters is 2. The molecule has 9 heteroatoms. The molecule has 2 unspecified atom stereocenters. The number of unbranched alkanes of at least 4 members (excludes halogenated alkanes) is 43. The first-order valence-electron chi connectivity index (χ1n) is 38.7. The van der Waals surface area contributed by atoms with Crippen molar-refractivity contribution in [2.75, 3.05) is 47.5 Å². The molecule has 0 fully saturated rings. The van der Waals surface area contributed by atoms with Gasteiger partial charge in [-0.1, -0.05) is 343 Å². The highest BCUT2D eigenvalue weighted by Gasteiger charge is 2.22. The van der Waals surface area contributed by atoms with Gasteiger partial charge in [0.2, 0.25) is 0 Å². The van der Waals surface area contributed by atoms with Crippen molar-refractivity contribution >= 4 is 17.9 Å². The van der Waals surface area contributed by atoms with Gasteiger partial charge in [0.1, 0.15) is 13.2 Å². The van der Waals surface area contributed by atoms with E-state index < -0.39 is 24.3 Å². The summed E-state index contributed by atoms with van der Waals surface area (Å²) in [6, 6.07) is 0. The van der Waals surface area contributed by atoms with Gasteiger partial charge in [0.05, 0.1) is 40.3 Å². The molecule has 0 saturated carbocycles. The number of carbonyl (C=O) groups excluding carboxylic acids is 3. The number of carboxylic acid groups (broad SMARTS) is 1. The minimum absolute atomic E-state index is 0.148. The second kappa shape index (κ2) is 72.3. The molecule has 0 N–H and O–H groups in total. The van der Waals surface area contributed by atoms with Gasteiger partial charge in [-0.3, -0.25) is 9.59 Å². The van der Waals surface area contributed by atoms with Crippen LogP contribution in [0.4, 0.5) is 0 Å². The molecule has 0 amide bonds. The predicted molar refractivity (Wildman–Crippen MR) is 389 cm³/mol. The standard InChI is InChI=1S/C82H147NO8/c1-6-8-10-12-14-16-18-20-22-24-26-28-30-32-34-36-37-38-39-40-41-42-43-45-46-48-50-52-54-56-58-60-62-64-66-68-70-72-79(84)89-76-78(77-90-82(81(86)87)88-75-74-83(3,4)5)91-80(85)73-71-69-67-65-63-61-59-57-55-53-51-49-47-44-35-33-31-29-27-25-23-21-19-17-15-13-11-9-7-2/h9,11,15,17-18,20-21,23-24,26-27,29-30,32,78,82H,6-8,10,12-14,16,19,22,25,28,31,33-77H2,1-5H3/b11-9-,17-15-,20-18-,23-21-,26-24-,29-27-,32-30-. The fourth-order valence-electron chi connectivity index (χ4n) is 11.2. The summed E-state index contributed by atoms with van der Waals surface area (Å²) in [7, 11) is 5.94. The highest BCUT2D eigenvalue weighted by Crippen LogP contribution is 2.19. The highest BCUT2D eigenvalue weighted by atomic mass is 16.7. The maximum absolute atomic E-state index is 13.0. The third-order valence-corrected chi connectivity index (χ3v) is 17.1. The van der Waals surface area contributed by atoms with Crippen LogP contribution in [-0.4, -0.2) is 82.3 Å². The van der Waals surface area contributed by atoms with E-state index in [4.69, 9.17) is 18.9 Å². The maximum atomic E-state index is 13.0. The van der Waals surface area contributed by atoms with Gasteiger partial charge in [0.15, 0.2) is 12.4 Å². The third-order valence-electron chi connectivity index (χ3n) is 17.1. The number of aliphatic carboxylic acids is 1. The number of rotatable bonds is 72. The van der Waals surface area contributed by atoms with Gasteiger partial charge >= 0.3 is 11.9 Å². The van der Waals surface area contributed by atoms with E-state index in [1.165, 1.54) is 257 Å². The second-order valence-corrected chi connectivity index (χ2v) is 27.3. The van der Waals surface area contributed by atoms with E-state index in [1.54, 1.807) is 0 Å². The summed E-state index contributed by atoms with van der Waals surface area (Å²) in [5.74, 6) is -2.26. The summed E-state index contributed by atoms with van der Waals surface area (Å²) in [5.41, 5.74) is 0. The number of ether oxygens (including phenoxy) is 4. The molecule has 91 heavy (non-hydrogen) atoms. The summed E-state index contributed by atoms with van der Waals surface area (Å²) in [5, 5.41) is 11.9. The Bertz CT molecular complexity index is 1770. The number of carboxylic acids is 1. The van der Waals surface area contributed by atoms with Crippen molar-refractivity contribution in [1.82, 2.24) is 0 Å². The number of nitrogens with zero attached hydrogens (tertiary/aromatic N) is 1. The second-order valence-electron chi connectivity index (χ2n) is 27.3. The lowest BCUT2D eigenvalue weighted by molar-refractivity contribution is -0.870. The van der Waals surface area contributed by atoms with E-state index in [0.29, 0.717) is 23.9 Å². The minimum atomic E-state index is -1.62. The van der Waals surface area contributed by atoms with Crippen molar-refractivity contribution in [2.24, 2.45) is 0 Å². The summed E-state index contributed by atoms with van der Waals surface area (Å²) < 4.78 is 22.9. The van der Waals surface area contributed by atoms with Gasteiger partial charge in [-0.2, -0.15) is 0 Å². The molecule has 0 aromatic carbocycles. The number of quaternary nitrogens is 1. The summed E-state index contributed by atoms with van der Waals surface area (Å²) >= 11 is 0. The van der Waals surface area contributed by atoms with Crippen LogP contribution in [0.25, 0.3) is 0 Å². The molecular weight excluding hydrogens is 1130 g/mol. The fourth-order valence-corrected chi connectivity index (χ4v) is 11.2. The molecule has 0 saturated heterocycles. The summed E-state index contributed by atoms with van der Waals surface area (Å²) in [4.78, 5) is 37.6. The van der Waals surface area contributed by atoms with E-state index in [1.807, 2.05) is 21.1 Å². The molecule has 528 valence electrons. The average Bonchev–Trinajstić information content (AvgIpc) is 3.66. The molecule has 9 nitrogen and oxygen atoms in total. The largest absolute Gasteiger partial charge is 0.545 e. The van der Waals surface area contributed by atoms with Crippen LogP contribution in [0.1, 0.15) is 361 Å². The Hall–Kier alpha value is -3.53. The fraction of sp³-hybridized carbons (Fsp3) is 0.793. The lowest BCUT2D eigenvalue weighted by atomic mass is 10.0. The van der Waals surface area contributed by atoms with Gasteiger partial charge in [-0.15, -0.1) is 0 Å². The Balaban J connectivity index is 4.00. The normalized spacial score (nSPS) is 13.1. The van der Waals surface area contributed by atoms with Gasteiger partial charge in [0.25, 0.3) is 0 Å². The molecule has 0 aliphatic carbocycles. The summed E-state index contributed by atoms with van der Waals surface area (Å²) in [6.45, 7) is 4.67. The smallest absolute Gasteiger partial charge is 0.306 e. The van der Waals surface area contributed by atoms with Gasteiger partial charge < -0.3 is 33.3 Å². The maximum Gasteiger partial charge on any atom is 0.306 e. The van der Waals surface area contributed by atoms with Crippen LogP contribution in [0.3, 0.4) is 0 Å². The molecule has 0 aromatic rings. The lowest BCUT2D eigenvalue weighted by Crippen LogP contribution is -2.44. The van der Waals surface area contributed by atoms with Crippen LogP contribution >= 0.6 is 0 Å². The Morgan fingerprint density at radius 1 is 0.341 bits per heavy atom. The zero-order valence-corrected chi connectivity index (χ0v) is 60.5. The van der Waals surface area contributed by atoms with Crippen LogP contribution in [0, 0.1) is 0 Å². The monoisotopic (exact) mass is 1270 g/mol. The van der Waals surface area contributed by atoms with E-state index in [-0.39, 0.29) is 32.2 Å². The Morgan fingerprint density at radius 3 is 0.934 bits per heavy atom. The molecule has 0 bridgehead atoms. The van der Waals surface area contributed by atoms with Crippen LogP contribution in [0.15, 0.2) is 85.1 Å². The SMILES string of the molecule is CC/C=C\C/C=C\C/C=C\C/C=C\CCCCCCCCCCCCCCCCCCC(=O)OC(COC(=O)CCCCCCCCCCCCCCCCCCCCCCCC/C=C\C/C=C\C/C=C\CCCCCCC)COC(OCC[N+](C)(C)C)C(=O)[O-]. The number of carbonyl (C=O) groups is 3. The Morgan fingerprint density at radius 2 is 0.626 bits per heavy atom. The molecule has 0 heterocycles. The first-order valence-corrected chi connectivity index (χ1v) is 38.7. The predicted octanol–water partition coefficient (Wildman–Crippen LogP) is 23.3. The Kier molecular flexibility index (Phi) is 69.5. The first kappa shape index (κ1) is 87.5. The minimum Gasteiger partial charge on any atom is -0.545 e. The molecule has 0 aliphatic heterocycles. The molecule has 0 radical (unpaired) electrons. The van der Waals surface area contributed by atoms with Crippen molar-refractivity contribution in [3.8, 4) is 0 Å². The quantitative estimate of drug-likeness (QED) is 0.0195. The summed E-state index contributed by atoms with van der Waals surface area (Å²) in [6.07, 6.45) is 95.5. The number of hydrogen-bond acceptors (Lipinski definition) is 8. The first-order chi connectivity index (χ1) is 44.6. The van der Waals surface area contributed by atoms with Crippen LogP contribution < -0.4 is 5.11 Å². The van der Waals surface area contributed by atoms with Crippen LogP contribution in [0.5, 0.6) is 0 Å². The van der Waals surface area contributed by atoms with E-state index >= 15 is 0 Å². The third kappa shape index (κ3) is 73.7. The van der Waals surface area contributed by atoms with Crippen LogP contribution in [-0.2, 0) is 33.3 Å².